The van der Waals surface area contributed by atoms with E-state index in [4.69, 9.17) is 0 Å². The first kappa shape index (κ1) is 14.0. The molecule has 1 aromatic carbocycles. The quantitative estimate of drug-likeness (QED) is 0.601. The highest BCUT2D eigenvalue weighted by Crippen LogP contribution is 2.51. The summed E-state index contributed by atoms with van der Waals surface area (Å²) in [4.78, 5) is 0.339. The van der Waals surface area contributed by atoms with Gasteiger partial charge in [0, 0.05) is 4.83 Å². The lowest BCUT2D eigenvalue weighted by Crippen LogP contribution is -2.26. The molecule has 1 aliphatic carbocycles. The van der Waals surface area contributed by atoms with Gasteiger partial charge in [0.1, 0.15) is 5.82 Å². The van der Waals surface area contributed by atoms with Crippen LogP contribution < -0.4 is 0 Å². The number of aryl methyl sites for hydroxylation is 2. The Bertz CT molecular complexity index is 410. The molecule has 0 spiro atoms. The molecule has 2 heteroatoms. The zero-order valence-corrected chi connectivity index (χ0v) is 13.1. The van der Waals surface area contributed by atoms with E-state index in [0.717, 1.165) is 11.1 Å². The molecule has 1 unspecified atom stereocenters. The summed E-state index contributed by atoms with van der Waals surface area (Å²) in [6.07, 6.45) is 6.52. The molecule has 1 aliphatic rings. The van der Waals surface area contributed by atoms with Crippen LogP contribution in [0.1, 0.15) is 60.5 Å². The summed E-state index contributed by atoms with van der Waals surface area (Å²) in [5.74, 6) is -0.123. The van der Waals surface area contributed by atoms with Crippen molar-refractivity contribution in [3.63, 3.8) is 0 Å². The molecule has 0 nitrogen and oxygen atoms in total. The van der Waals surface area contributed by atoms with Crippen molar-refractivity contribution in [2.45, 2.75) is 57.7 Å². The fourth-order valence-corrected chi connectivity index (χ4v) is 4.46. The number of halogens is 2. The molecule has 0 aliphatic heterocycles. The average Bonchev–Trinajstić information content (AvgIpc) is 2.28. The average molecular weight is 313 g/mol. The molecule has 1 saturated carbocycles. The molecule has 0 radical (unpaired) electrons. The number of hydrogen-bond donors (Lipinski definition) is 0. The van der Waals surface area contributed by atoms with E-state index in [2.05, 4.69) is 22.9 Å². The van der Waals surface area contributed by atoms with Crippen LogP contribution in [0, 0.1) is 25.1 Å². The Balaban J connectivity index is 2.36. The predicted octanol–water partition coefficient (Wildman–Crippen LogP) is 5.85. The minimum atomic E-state index is -0.123. The van der Waals surface area contributed by atoms with Gasteiger partial charge in [0.15, 0.2) is 0 Å². The van der Waals surface area contributed by atoms with Gasteiger partial charge in [-0.3, -0.25) is 0 Å². The molecule has 0 N–H and O–H groups in total. The van der Waals surface area contributed by atoms with Crippen LogP contribution in [0.15, 0.2) is 12.1 Å². The van der Waals surface area contributed by atoms with Crippen molar-refractivity contribution in [3.05, 3.63) is 34.6 Å². The maximum absolute atomic E-state index is 13.4. The van der Waals surface area contributed by atoms with Crippen LogP contribution >= 0.6 is 15.9 Å². The Hall–Kier alpha value is -0.370. The van der Waals surface area contributed by atoms with Crippen LogP contribution in [0.2, 0.25) is 0 Å². The van der Waals surface area contributed by atoms with Crippen molar-refractivity contribution < 1.29 is 4.39 Å². The molecule has 0 amide bonds. The van der Waals surface area contributed by atoms with Crippen molar-refractivity contribution in [1.82, 2.24) is 0 Å². The van der Waals surface area contributed by atoms with E-state index in [-0.39, 0.29) is 5.82 Å². The van der Waals surface area contributed by atoms with Crippen LogP contribution in [-0.2, 0) is 0 Å². The molecule has 1 aromatic rings. The number of hydrogen-bond acceptors (Lipinski definition) is 0. The Morgan fingerprint density at radius 1 is 1.11 bits per heavy atom. The van der Waals surface area contributed by atoms with Crippen LogP contribution in [-0.4, -0.2) is 0 Å². The minimum absolute atomic E-state index is 0.123. The minimum Gasteiger partial charge on any atom is -0.207 e. The van der Waals surface area contributed by atoms with Gasteiger partial charge in [-0.05, 0) is 60.9 Å². The first-order valence-corrected chi connectivity index (χ1v) is 7.76. The highest BCUT2D eigenvalue weighted by Gasteiger charge is 2.36. The fourth-order valence-electron chi connectivity index (χ4n) is 3.28. The van der Waals surface area contributed by atoms with Gasteiger partial charge in [-0.2, -0.15) is 0 Å². The van der Waals surface area contributed by atoms with Crippen LogP contribution in [0.25, 0.3) is 0 Å². The Labute approximate surface area is 118 Å². The third kappa shape index (κ3) is 2.64. The second-order valence-corrected chi connectivity index (χ2v) is 6.95. The Morgan fingerprint density at radius 2 is 1.61 bits per heavy atom. The Kier molecular flexibility index (Phi) is 4.15. The van der Waals surface area contributed by atoms with E-state index in [9.17, 15) is 4.39 Å². The number of rotatable bonds is 2. The second-order valence-electron chi connectivity index (χ2n) is 6.03. The highest BCUT2D eigenvalue weighted by atomic mass is 79.9. The molecule has 1 fully saturated rings. The van der Waals surface area contributed by atoms with Gasteiger partial charge < -0.3 is 0 Å². The molecule has 2 rings (SSSR count). The van der Waals surface area contributed by atoms with Gasteiger partial charge in [-0.25, -0.2) is 4.39 Å². The van der Waals surface area contributed by atoms with Gasteiger partial charge in [-0.1, -0.05) is 42.1 Å². The van der Waals surface area contributed by atoms with Gasteiger partial charge in [0.25, 0.3) is 0 Å². The predicted molar refractivity (Wildman–Crippen MR) is 78.7 cm³/mol. The SMILES string of the molecule is Cc1cc(F)cc(C)c1C(Br)C1(C)CCCCC1. The lowest BCUT2D eigenvalue weighted by molar-refractivity contribution is 0.212. The van der Waals surface area contributed by atoms with Crippen molar-refractivity contribution in [1.29, 1.82) is 0 Å². The summed E-state index contributed by atoms with van der Waals surface area (Å²) >= 11 is 3.91. The molecular formula is C16H22BrF. The van der Waals surface area contributed by atoms with E-state index < -0.39 is 0 Å². The largest absolute Gasteiger partial charge is 0.207 e. The second kappa shape index (κ2) is 5.32. The lowest BCUT2D eigenvalue weighted by Gasteiger charge is -2.39. The van der Waals surface area contributed by atoms with Gasteiger partial charge in [0.05, 0.1) is 0 Å². The maximum atomic E-state index is 13.4. The van der Waals surface area contributed by atoms with Crippen LogP contribution in [0.4, 0.5) is 4.39 Å². The fraction of sp³-hybridized carbons (Fsp3) is 0.625. The molecule has 18 heavy (non-hydrogen) atoms. The summed E-state index contributed by atoms with van der Waals surface area (Å²) in [7, 11) is 0. The molecule has 0 saturated heterocycles. The van der Waals surface area contributed by atoms with E-state index >= 15 is 0 Å². The van der Waals surface area contributed by atoms with Crippen LogP contribution in [0.3, 0.4) is 0 Å². The van der Waals surface area contributed by atoms with E-state index in [1.807, 2.05) is 13.8 Å². The van der Waals surface area contributed by atoms with Crippen molar-refractivity contribution >= 4 is 15.9 Å². The molecule has 0 heterocycles. The Morgan fingerprint density at radius 3 is 2.11 bits per heavy atom. The summed E-state index contributed by atoms with van der Waals surface area (Å²) < 4.78 is 13.4. The molecular weight excluding hydrogens is 291 g/mol. The standard InChI is InChI=1S/C16H22BrF/c1-11-9-13(18)10-12(2)14(11)15(17)16(3)7-5-4-6-8-16/h9-10,15H,4-8H2,1-3H3. The van der Waals surface area contributed by atoms with Crippen molar-refractivity contribution in [2.24, 2.45) is 5.41 Å². The summed E-state index contributed by atoms with van der Waals surface area (Å²) in [6, 6.07) is 3.31. The molecule has 0 aromatic heterocycles. The lowest BCUT2D eigenvalue weighted by atomic mass is 9.71. The molecule has 1 atom stereocenters. The summed E-state index contributed by atoms with van der Waals surface area (Å²) in [5, 5.41) is 0. The first-order chi connectivity index (χ1) is 8.44. The van der Waals surface area contributed by atoms with Crippen LogP contribution in [0.5, 0.6) is 0 Å². The molecule has 0 bridgehead atoms. The zero-order valence-electron chi connectivity index (χ0n) is 11.5. The van der Waals surface area contributed by atoms with E-state index in [1.165, 1.54) is 37.7 Å². The first-order valence-electron chi connectivity index (χ1n) is 6.85. The van der Waals surface area contributed by atoms with Gasteiger partial charge in [-0.15, -0.1) is 0 Å². The maximum Gasteiger partial charge on any atom is 0.123 e. The van der Waals surface area contributed by atoms with Gasteiger partial charge >= 0.3 is 0 Å². The van der Waals surface area contributed by atoms with E-state index in [0.29, 0.717) is 10.2 Å². The number of alkyl halides is 1. The number of benzene rings is 1. The normalized spacial score (nSPS) is 20.7. The summed E-state index contributed by atoms with van der Waals surface area (Å²) in [5.41, 5.74) is 3.74. The monoisotopic (exact) mass is 312 g/mol. The summed E-state index contributed by atoms with van der Waals surface area (Å²) in [6.45, 7) is 6.41. The van der Waals surface area contributed by atoms with Crippen molar-refractivity contribution in [2.75, 3.05) is 0 Å². The topological polar surface area (TPSA) is 0 Å². The molecule has 100 valence electrons. The smallest absolute Gasteiger partial charge is 0.123 e. The third-order valence-corrected chi connectivity index (χ3v) is 5.98. The highest BCUT2D eigenvalue weighted by molar-refractivity contribution is 9.09. The third-order valence-electron chi connectivity index (χ3n) is 4.42. The van der Waals surface area contributed by atoms with E-state index in [1.54, 1.807) is 12.1 Å². The van der Waals surface area contributed by atoms with Crippen molar-refractivity contribution in [3.8, 4) is 0 Å². The van der Waals surface area contributed by atoms with Gasteiger partial charge in [0.2, 0.25) is 0 Å². The zero-order chi connectivity index (χ0) is 13.3.